The van der Waals surface area contributed by atoms with E-state index < -0.39 is 0 Å². The first-order valence-corrected chi connectivity index (χ1v) is 6.93. The lowest BCUT2D eigenvalue weighted by molar-refractivity contribution is 0.377. The zero-order valence-corrected chi connectivity index (χ0v) is 10.4. The van der Waals surface area contributed by atoms with E-state index in [2.05, 4.69) is 36.3 Å². The van der Waals surface area contributed by atoms with Crippen LogP contribution < -0.4 is 0 Å². The Morgan fingerprint density at radius 3 is 2.69 bits per heavy atom. The fourth-order valence-corrected chi connectivity index (χ4v) is 3.76. The van der Waals surface area contributed by atoms with E-state index in [-0.39, 0.29) is 0 Å². The van der Waals surface area contributed by atoms with Gasteiger partial charge in [0.1, 0.15) is 0 Å². The van der Waals surface area contributed by atoms with Gasteiger partial charge >= 0.3 is 0 Å². The second-order valence-corrected chi connectivity index (χ2v) is 5.73. The van der Waals surface area contributed by atoms with Crippen LogP contribution >= 0.6 is 11.8 Å². The van der Waals surface area contributed by atoms with Crippen LogP contribution in [0.15, 0.2) is 35.2 Å². The summed E-state index contributed by atoms with van der Waals surface area (Å²) in [6, 6.07) is 10.7. The van der Waals surface area contributed by atoms with Gasteiger partial charge in [-0.2, -0.15) is 0 Å². The molecule has 16 heavy (non-hydrogen) atoms. The summed E-state index contributed by atoms with van der Waals surface area (Å²) in [6.07, 6.45) is 11.8. The van der Waals surface area contributed by atoms with Gasteiger partial charge in [-0.05, 0) is 30.9 Å². The quantitative estimate of drug-likeness (QED) is 0.695. The molecule has 1 fully saturated rings. The highest BCUT2D eigenvalue weighted by atomic mass is 32.2. The molecule has 1 aromatic carbocycles. The number of thioether (sulfide) groups is 1. The van der Waals surface area contributed by atoms with Crippen LogP contribution in [0.5, 0.6) is 0 Å². The van der Waals surface area contributed by atoms with E-state index in [1.54, 1.807) is 0 Å². The third-order valence-corrected chi connectivity index (χ3v) is 4.72. The average Bonchev–Trinajstić information content (AvgIpc) is 2.33. The second-order valence-electron chi connectivity index (χ2n) is 4.42. The summed E-state index contributed by atoms with van der Waals surface area (Å²) >= 11 is 2.02. The third-order valence-electron chi connectivity index (χ3n) is 3.25. The first-order chi connectivity index (χ1) is 7.90. The van der Waals surface area contributed by atoms with Gasteiger partial charge in [-0.25, -0.2) is 0 Å². The summed E-state index contributed by atoms with van der Waals surface area (Å²) in [6.45, 7) is 0. The summed E-state index contributed by atoms with van der Waals surface area (Å²) in [5, 5.41) is 0.729. The van der Waals surface area contributed by atoms with E-state index in [4.69, 9.17) is 6.42 Å². The number of rotatable bonds is 3. The Hall–Kier alpha value is -0.870. The van der Waals surface area contributed by atoms with Crippen LogP contribution in [0, 0.1) is 18.3 Å². The third kappa shape index (κ3) is 3.06. The van der Waals surface area contributed by atoms with Crippen molar-refractivity contribution < 1.29 is 0 Å². The van der Waals surface area contributed by atoms with E-state index in [0.29, 0.717) is 0 Å². The molecule has 0 nitrogen and oxygen atoms in total. The summed E-state index contributed by atoms with van der Waals surface area (Å²) < 4.78 is 0. The van der Waals surface area contributed by atoms with Gasteiger partial charge in [0, 0.05) is 16.6 Å². The van der Waals surface area contributed by atoms with Crippen molar-refractivity contribution in [3.05, 3.63) is 30.3 Å². The maximum Gasteiger partial charge on any atom is 0.0132 e. The molecule has 1 aliphatic carbocycles. The van der Waals surface area contributed by atoms with Gasteiger partial charge in [-0.3, -0.25) is 0 Å². The second kappa shape index (κ2) is 6.01. The first kappa shape index (κ1) is 11.6. The molecule has 0 heterocycles. The van der Waals surface area contributed by atoms with Crippen molar-refractivity contribution >= 4 is 11.8 Å². The first-order valence-electron chi connectivity index (χ1n) is 6.05. The Balaban J connectivity index is 1.99. The molecule has 0 spiro atoms. The lowest BCUT2D eigenvalue weighted by Crippen LogP contribution is -2.21. The van der Waals surface area contributed by atoms with E-state index in [1.165, 1.54) is 30.6 Å². The average molecular weight is 230 g/mol. The van der Waals surface area contributed by atoms with Crippen LogP contribution in [0.2, 0.25) is 0 Å². The van der Waals surface area contributed by atoms with Crippen LogP contribution in [-0.4, -0.2) is 5.25 Å². The van der Waals surface area contributed by atoms with Crippen molar-refractivity contribution in [3.63, 3.8) is 0 Å². The van der Waals surface area contributed by atoms with Crippen LogP contribution in [0.25, 0.3) is 0 Å². The van der Waals surface area contributed by atoms with Gasteiger partial charge in [0.05, 0.1) is 0 Å². The van der Waals surface area contributed by atoms with Gasteiger partial charge in [-0.15, -0.1) is 24.1 Å². The minimum atomic E-state index is 0.726. The van der Waals surface area contributed by atoms with Crippen LogP contribution in [0.3, 0.4) is 0 Å². The largest absolute Gasteiger partial charge is 0.122 e. The highest BCUT2D eigenvalue weighted by Crippen LogP contribution is 2.38. The lowest BCUT2D eigenvalue weighted by atomic mass is 9.87. The molecule has 1 aromatic rings. The molecule has 0 aromatic heterocycles. The van der Waals surface area contributed by atoms with E-state index in [1.807, 2.05) is 11.8 Å². The van der Waals surface area contributed by atoms with Gasteiger partial charge in [0.25, 0.3) is 0 Å². The van der Waals surface area contributed by atoms with Crippen LogP contribution in [0.1, 0.15) is 32.1 Å². The molecular weight excluding hydrogens is 212 g/mol. The minimum absolute atomic E-state index is 0.726. The molecule has 2 unspecified atom stereocenters. The Bertz CT molecular complexity index is 349. The molecular formula is C15H18S. The summed E-state index contributed by atoms with van der Waals surface area (Å²) in [7, 11) is 0. The molecule has 84 valence electrons. The van der Waals surface area contributed by atoms with E-state index in [9.17, 15) is 0 Å². The van der Waals surface area contributed by atoms with E-state index in [0.717, 1.165) is 17.6 Å². The SMILES string of the molecule is C#CCC1CCCCC1Sc1ccccc1. The van der Waals surface area contributed by atoms with Crippen molar-refractivity contribution in [3.8, 4) is 12.3 Å². The van der Waals surface area contributed by atoms with Crippen molar-refractivity contribution in [2.45, 2.75) is 42.2 Å². The topological polar surface area (TPSA) is 0 Å². The van der Waals surface area contributed by atoms with Gasteiger partial charge in [0.2, 0.25) is 0 Å². The molecule has 0 bridgehead atoms. The lowest BCUT2D eigenvalue weighted by Gasteiger charge is -2.29. The molecule has 1 saturated carbocycles. The Morgan fingerprint density at radius 2 is 1.94 bits per heavy atom. The minimum Gasteiger partial charge on any atom is -0.122 e. The molecule has 0 N–H and O–H groups in total. The Morgan fingerprint density at radius 1 is 1.19 bits per heavy atom. The predicted molar refractivity (Wildman–Crippen MR) is 71.5 cm³/mol. The fourth-order valence-electron chi connectivity index (χ4n) is 2.39. The summed E-state index contributed by atoms with van der Waals surface area (Å²) in [5.74, 6) is 3.57. The van der Waals surface area contributed by atoms with Crippen molar-refractivity contribution in [2.24, 2.45) is 5.92 Å². The van der Waals surface area contributed by atoms with Crippen molar-refractivity contribution in [2.75, 3.05) is 0 Å². The van der Waals surface area contributed by atoms with Crippen molar-refractivity contribution in [1.82, 2.24) is 0 Å². The fraction of sp³-hybridized carbons (Fsp3) is 0.467. The van der Waals surface area contributed by atoms with Crippen LogP contribution in [-0.2, 0) is 0 Å². The zero-order valence-electron chi connectivity index (χ0n) is 9.56. The van der Waals surface area contributed by atoms with Crippen molar-refractivity contribution in [1.29, 1.82) is 0 Å². The molecule has 1 heteroatoms. The molecule has 0 amide bonds. The van der Waals surface area contributed by atoms with Gasteiger partial charge in [0.15, 0.2) is 0 Å². The van der Waals surface area contributed by atoms with E-state index >= 15 is 0 Å². The summed E-state index contributed by atoms with van der Waals surface area (Å²) in [5.41, 5.74) is 0. The van der Waals surface area contributed by atoms with Gasteiger partial charge in [-0.1, -0.05) is 31.0 Å². The standard InChI is InChI=1S/C15H18S/c1-2-8-13-9-6-7-12-15(13)16-14-10-4-3-5-11-14/h1,3-5,10-11,13,15H,6-9,12H2. The maximum atomic E-state index is 5.46. The van der Waals surface area contributed by atoms with Gasteiger partial charge < -0.3 is 0 Å². The number of terminal acetylenes is 1. The highest BCUT2D eigenvalue weighted by Gasteiger charge is 2.24. The number of benzene rings is 1. The summed E-state index contributed by atoms with van der Waals surface area (Å²) in [4.78, 5) is 1.39. The molecule has 2 rings (SSSR count). The number of hydrogen-bond donors (Lipinski definition) is 0. The zero-order chi connectivity index (χ0) is 11.2. The Kier molecular flexibility index (Phi) is 4.36. The molecule has 2 atom stereocenters. The molecule has 0 aliphatic heterocycles. The number of hydrogen-bond acceptors (Lipinski definition) is 1. The normalized spacial score (nSPS) is 24.9. The predicted octanol–water partition coefficient (Wildman–Crippen LogP) is 4.36. The smallest absolute Gasteiger partial charge is 0.0132 e. The highest BCUT2D eigenvalue weighted by molar-refractivity contribution is 8.00. The maximum absolute atomic E-state index is 5.46. The Labute approximate surface area is 103 Å². The molecule has 0 saturated heterocycles. The monoisotopic (exact) mass is 230 g/mol. The van der Waals surface area contributed by atoms with Crippen LogP contribution in [0.4, 0.5) is 0 Å². The molecule has 1 aliphatic rings. The molecule has 0 radical (unpaired) electrons.